The van der Waals surface area contributed by atoms with Crippen molar-refractivity contribution in [2.75, 3.05) is 6.61 Å². The average Bonchev–Trinajstić information content (AvgIpc) is 2.39. The predicted molar refractivity (Wildman–Crippen MR) is 88.2 cm³/mol. The van der Waals surface area contributed by atoms with Crippen molar-refractivity contribution in [1.82, 2.24) is 0 Å². The third-order valence-corrected chi connectivity index (χ3v) is 2.17. The summed E-state index contributed by atoms with van der Waals surface area (Å²) in [5, 5.41) is 0. The van der Waals surface area contributed by atoms with Crippen molar-refractivity contribution in [3.63, 3.8) is 0 Å². The summed E-state index contributed by atoms with van der Waals surface area (Å²) >= 11 is 0. The highest BCUT2D eigenvalue weighted by atomic mass is 17.2. The third-order valence-electron chi connectivity index (χ3n) is 2.17. The molecule has 138 valence electrons. The van der Waals surface area contributed by atoms with E-state index in [1.807, 2.05) is 27.7 Å². The Labute approximate surface area is 140 Å². The van der Waals surface area contributed by atoms with Gasteiger partial charge in [0.1, 0.15) is 5.60 Å². The number of unbranched alkanes of at least 4 members (excludes halogenated alkanes) is 1. The molecule has 0 saturated carbocycles. The Morgan fingerprint density at radius 1 is 0.957 bits per heavy atom. The lowest BCUT2D eigenvalue weighted by molar-refractivity contribution is -0.325. The van der Waals surface area contributed by atoms with Crippen LogP contribution in [0.15, 0.2) is 0 Å². The van der Waals surface area contributed by atoms with Crippen LogP contribution in [0.4, 0.5) is 0 Å². The topological polar surface area (TPSA) is 71.1 Å². The molecule has 6 heteroatoms. The summed E-state index contributed by atoms with van der Waals surface area (Å²) in [5.74, 6) is -0.768. The molecule has 0 spiro atoms. The van der Waals surface area contributed by atoms with Crippen LogP contribution in [0.1, 0.15) is 75.2 Å². The normalized spacial score (nSPS) is 11.6. The summed E-state index contributed by atoms with van der Waals surface area (Å²) in [4.78, 5) is 40.5. The standard InChI is InChI=1S/C9H18O3.C8H16O3/c1-8(2,3)7(10)11-12-9(4,5)6;1-4-5-6-10-11-8(9)7(2)3/h1-6H3;7H,4-6H2,1-3H3. The first-order valence-electron chi connectivity index (χ1n) is 8.04. The Hall–Kier alpha value is -1.14. The van der Waals surface area contributed by atoms with Crippen molar-refractivity contribution in [1.29, 1.82) is 0 Å². The summed E-state index contributed by atoms with van der Waals surface area (Å²) < 4.78 is 0. The van der Waals surface area contributed by atoms with Crippen molar-refractivity contribution in [2.24, 2.45) is 11.3 Å². The highest BCUT2D eigenvalue weighted by Gasteiger charge is 2.26. The number of rotatable bonds is 6. The molecule has 0 aliphatic heterocycles. The number of carbonyl (C=O) groups excluding carboxylic acids is 2. The van der Waals surface area contributed by atoms with E-state index < -0.39 is 11.0 Å². The fraction of sp³-hybridized carbons (Fsp3) is 0.882. The lowest BCUT2D eigenvalue weighted by Crippen LogP contribution is -2.28. The van der Waals surface area contributed by atoms with Crippen LogP contribution in [0.5, 0.6) is 0 Å². The van der Waals surface area contributed by atoms with Gasteiger partial charge in [-0.1, -0.05) is 27.2 Å². The predicted octanol–water partition coefficient (Wildman–Crippen LogP) is 4.22. The van der Waals surface area contributed by atoms with Gasteiger partial charge >= 0.3 is 11.9 Å². The van der Waals surface area contributed by atoms with Crippen molar-refractivity contribution < 1.29 is 29.1 Å². The Balaban J connectivity index is 0. The van der Waals surface area contributed by atoms with Crippen molar-refractivity contribution >= 4 is 11.9 Å². The first-order chi connectivity index (χ1) is 10.3. The van der Waals surface area contributed by atoms with Gasteiger partial charge in [0, 0.05) is 0 Å². The molecule has 0 aromatic carbocycles. The van der Waals surface area contributed by atoms with E-state index in [4.69, 9.17) is 4.89 Å². The van der Waals surface area contributed by atoms with E-state index in [2.05, 4.69) is 14.7 Å². The summed E-state index contributed by atoms with van der Waals surface area (Å²) in [6.45, 7) is 16.9. The first-order valence-corrected chi connectivity index (χ1v) is 8.04. The van der Waals surface area contributed by atoms with Crippen molar-refractivity contribution in [3.05, 3.63) is 0 Å². The van der Waals surface area contributed by atoms with Crippen LogP contribution in [0, 0.1) is 11.3 Å². The molecule has 0 aliphatic carbocycles. The van der Waals surface area contributed by atoms with Gasteiger partial charge in [0.2, 0.25) is 0 Å². The van der Waals surface area contributed by atoms with Crippen molar-refractivity contribution in [2.45, 2.75) is 80.8 Å². The van der Waals surface area contributed by atoms with E-state index >= 15 is 0 Å². The lowest BCUT2D eigenvalue weighted by atomic mass is 9.98. The second-order valence-electron chi connectivity index (χ2n) is 7.55. The van der Waals surface area contributed by atoms with Crippen LogP contribution in [0.3, 0.4) is 0 Å². The quantitative estimate of drug-likeness (QED) is 0.411. The number of hydrogen-bond acceptors (Lipinski definition) is 6. The first kappa shape index (κ1) is 24.1. The molecule has 0 saturated heterocycles. The molecule has 0 rings (SSSR count). The van der Waals surface area contributed by atoms with Gasteiger partial charge in [-0.25, -0.2) is 9.59 Å². The second kappa shape index (κ2) is 11.4. The van der Waals surface area contributed by atoms with Gasteiger partial charge in [-0.2, -0.15) is 9.78 Å². The highest BCUT2D eigenvalue weighted by Crippen LogP contribution is 2.17. The smallest absolute Gasteiger partial charge is 0.298 e. The van der Waals surface area contributed by atoms with E-state index in [0.717, 1.165) is 12.8 Å². The van der Waals surface area contributed by atoms with E-state index in [-0.39, 0.29) is 17.9 Å². The molecule has 0 bridgehead atoms. The monoisotopic (exact) mass is 334 g/mol. The van der Waals surface area contributed by atoms with Crippen LogP contribution in [-0.2, 0) is 29.1 Å². The maximum Gasteiger partial charge on any atom is 0.347 e. The maximum atomic E-state index is 11.2. The molecular weight excluding hydrogens is 300 g/mol. The lowest BCUT2D eigenvalue weighted by Gasteiger charge is -2.20. The summed E-state index contributed by atoms with van der Waals surface area (Å²) in [7, 11) is 0. The average molecular weight is 334 g/mol. The largest absolute Gasteiger partial charge is 0.347 e. The minimum absolute atomic E-state index is 0.114. The van der Waals surface area contributed by atoms with Crippen LogP contribution in [0.25, 0.3) is 0 Å². The zero-order chi connectivity index (χ0) is 18.7. The second-order valence-corrected chi connectivity index (χ2v) is 7.55. The minimum atomic E-state index is -0.509. The highest BCUT2D eigenvalue weighted by molar-refractivity contribution is 5.74. The van der Waals surface area contributed by atoms with Gasteiger partial charge in [0.05, 0.1) is 17.9 Å². The van der Waals surface area contributed by atoms with Gasteiger partial charge in [-0.15, -0.1) is 0 Å². The summed E-state index contributed by atoms with van der Waals surface area (Å²) in [6, 6.07) is 0. The molecule has 0 radical (unpaired) electrons. The van der Waals surface area contributed by atoms with Crippen LogP contribution >= 0.6 is 0 Å². The number of hydrogen-bond donors (Lipinski definition) is 0. The molecule has 0 unspecified atom stereocenters. The molecule has 0 aliphatic rings. The van der Waals surface area contributed by atoms with Gasteiger partial charge in [0.15, 0.2) is 0 Å². The zero-order valence-corrected chi connectivity index (χ0v) is 16.1. The summed E-state index contributed by atoms with van der Waals surface area (Å²) in [6.07, 6.45) is 1.96. The SMILES string of the molecule is CC(C)(C)OOC(=O)C(C)(C)C.CCCCOOC(=O)C(C)C. The van der Waals surface area contributed by atoms with E-state index in [9.17, 15) is 9.59 Å². The minimum Gasteiger partial charge on any atom is -0.298 e. The zero-order valence-electron chi connectivity index (χ0n) is 16.1. The molecule has 0 N–H and O–H groups in total. The van der Waals surface area contributed by atoms with Crippen LogP contribution < -0.4 is 0 Å². The molecular formula is C17H34O6. The Kier molecular flexibility index (Phi) is 12.0. The van der Waals surface area contributed by atoms with Gasteiger partial charge in [-0.05, 0) is 48.0 Å². The Morgan fingerprint density at radius 3 is 1.83 bits per heavy atom. The summed E-state index contributed by atoms with van der Waals surface area (Å²) in [5.41, 5.74) is -0.952. The Bertz CT molecular complexity index is 336. The van der Waals surface area contributed by atoms with Crippen LogP contribution in [0.2, 0.25) is 0 Å². The third kappa shape index (κ3) is 17.1. The molecule has 23 heavy (non-hydrogen) atoms. The molecule has 0 aromatic rings. The van der Waals surface area contributed by atoms with Crippen LogP contribution in [-0.4, -0.2) is 24.1 Å². The molecule has 0 amide bonds. The molecule has 0 heterocycles. The van der Waals surface area contributed by atoms with E-state index in [0.29, 0.717) is 6.61 Å². The van der Waals surface area contributed by atoms with E-state index in [1.54, 1.807) is 34.6 Å². The van der Waals surface area contributed by atoms with Gasteiger partial charge in [-0.3, -0.25) is 9.78 Å². The molecule has 0 fully saturated rings. The van der Waals surface area contributed by atoms with Crippen molar-refractivity contribution in [3.8, 4) is 0 Å². The number of carbonyl (C=O) groups is 2. The maximum absolute atomic E-state index is 11.2. The molecule has 0 aromatic heterocycles. The Morgan fingerprint density at radius 2 is 1.48 bits per heavy atom. The molecule has 0 atom stereocenters. The molecule has 6 nitrogen and oxygen atoms in total. The van der Waals surface area contributed by atoms with E-state index in [1.165, 1.54) is 0 Å². The van der Waals surface area contributed by atoms with Gasteiger partial charge < -0.3 is 0 Å². The fourth-order valence-corrected chi connectivity index (χ4v) is 0.687. The van der Waals surface area contributed by atoms with Gasteiger partial charge in [0.25, 0.3) is 0 Å². The fourth-order valence-electron chi connectivity index (χ4n) is 0.687.